The lowest BCUT2D eigenvalue weighted by Gasteiger charge is -2.38. The maximum Gasteiger partial charge on any atom is 0.0728 e. The summed E-state index contributed by atoms with van der Waals surface area (Å²) in [4.78, 5) is 11.4. The van der Waals surface area contributed by atoms with Crippen LogP contribution in [-0.4, -0.2) is 14.4 Å². The highest BCUT2D eigenvalue weighted by Crippen LogP contribution is 2.61. The van der Waals surface area contributed by atoms with Gasteiger partial charge in [0.15, 0.2) is 0 Å². The minimum atomic E-state index is -0.0970. The van der Waals surface area contributed by atoms with Gasteiger partial charge in [-0.3, -0.25) is 9.97 Å². The van der Waals surface area contributed by atoms with Gasteiger partial charge in [0.05, 0.1) is 28.9 Å². The summed E-state index contributed by atoms with van der Waals surface area (Å²) in [6.07, 6.45) is 20.8. The number of aromatic nitrogens is 3. The zero-order valence-electron chi connectivity index (χ0n) is 40.8. The maximum atomic E-state index is 5.73. The van der Waals surface area contributed by atoms with Gasteiger partial charge in [-0.1, -0.05) is 100 Å². The summed E-state index contributed by atoms with van der Waals surface area (Å²) in [7, 11) is 0. The van der Waals surface area contributed by atoms with Gasteiger partial charge < -0.3 is 4.40 Å². The van der Waals surface area contributed by atoms with Gasteiger partial charge in [-0.05, 0) is 209 Å². The Kier molecular flexibility index (Phi) is 7.42. The van der Waals surface area contributed by atoms with Crippen LogP contribution >= 0.6 is 0 Å². The maximum absolute atomic E-state index is 5.73. The SMILES string of the molecule is CC1(C)c2ccccc2-c2ccc(-c3cc(-c4ccc5c(c4)C(C)(C)c4ccccc4-5)c4c5c6c(ncc5n5c7cnc8c(c7c3c45)C3CCC(CC4CC8C4)C3)C3CCC(CC4CC6C4)C3)cc21. The first-order valence-electron chi connectivity index (χ1n) is 27.2. The fourth-order valence-electron chi connectivity index (χ4n) is 17.7. The topological polar surface area (TPSA) is 30.2 Å². The zero-order chi connectivity index (χ0) is 45.4. The Morgan fingerprint density at radius 3 is 1.45 bits per heavy atom. The lowest BCUT2D eigenvalue weighted by molar-refractivity contribution is 0.213. The first kappa shape index (κ1) is 39.0. The van der Waals surface area contributed by atoms with Crippen LogP contribution in [0.2, 0.25) is 0 Å². The normalized spacial score (nSPS) is 28.1. The van der Waals surface area contributed by atoms with Crippen LogP contribution in [0, 0.1) is 23.7 Å². The molecule has 4 atom stereocenters. The summed E-state index contributed by atoms with van der Waals surface area (Å²) < 4.78 is 2.74. The Balaban J connectivity index is 1.04. The van der Waals surface area contributed by atoms with Gasteiger partial charge in [-0.15, -0.1) is 0 Å². The van der Waals surface area contributed by atoms with E-state index in [4.69, 9.17) is 9.97 Å². The molecule has 19 rings (SSSR count). The van der Waals surface area contributed by atoms with Crippen molar-refractivity contribution >= 4 is 38.1 Å². The first-order chi connectivity index (χ1) is 33.7. The van der Waals surface area contributed by atoms with Crippen molar-refractivity contribution in [2.45, 2.75) is 139 Å². The van der Waals surface area contributed by atoms with Crippen LogP contribution < -0.4 is 0 Å². The van der Waals surface area contributed by atoms with Crippen LogP contribution in [0.5, 0.6) is 0 Å². The molecule has 4 heterocycles. The fourth-order valence-corrected chi connectivity index (χ4v) is 17.7. The van der Waals surface area contributed by atoms with Crippen molar-refractivity contribution in [3.63, 3.8) is 0 Å². The minimum absolute atomic E-state index is 0.0968. The van der Waals surface area contributed by atoms with E-state index in [2.05, 4.69) is 135 Å². The molecule has 10 aliphatic rings. The third-order valence-corrected chi connectivity index (χ3v) is 21.0. The molecular weight excluding hydrogens is 835 g/mol. The summed E-state index contributed by atoms with van der Waals surface area (Å²) in [5, 5.41) is 5.97. The Bertz CT molecular complexity index is 3750. The number of hydrogen-bond acceptors (Lipinski definition) is 2. The molecule has 4 saturated carbocycles. The van der Waals surface area contributed by atoms with Gasteiger partial charge in [0.25, 0.3) is 0 Å². The molecule has 0 saturated heterocycles. The van der Waals surface area contributed by atoms with Crippen molar-refractivity contribution < 1.29 is 0 Å². The number of rotatable bonds is 2. The van der Waals surface area contributed by atoms with Crippen LogP contribution in [0.3, 0.4) is 0 Å². The predicted octanol–water partition coefficient (Wildman–Crippen LogP) is 17.1. The van der Waals surface area contributed by atoms with Crippen molar-refractivity contribution in [3.8, 4) is 44.5 Å². The molecule has 5 aromatic carbocycles. The first-order valence-corrected chi connectivity index (χ1v) is 27.2. The highest BCUT2D eigenvalue weighted by molar-refractivity contribution is 6.31. The lowest BCUT2D eigenvalue weighted by atomic mass is 9.67. The largest absolute Gasteiger partial charge is 0.305 e. The van der Waals surface area contributed by atoms with E-state index < -0.39 is 0 Å². The van der Waals surface area contributed by atoms with Gasteiger partial charge in [-0.25, -0.2) is 0 Å². The lowest BCUT2D eigenvalue weighted by Crippen LogP contribution is -2.25. The molecule has 4 aromatic heterocycles. The predicted molar refractivity (Wildman–Crippen MR) is 283 cm³/mol. The van der Waals surface area contributed by atoms with Gasteiger partial charge in [-0.2, -0.15) is 0 Å². The molecular formula is C66H61N3. The van der Waals surface area contributed by atoms with Crippen molar-refractivity contribution in [1.29, 1.82) is 0 Å². The molecule has 10 aliphatic carbocycles. The van der Waals surface area contributed by atoms with Gasteiger partial charge in [0, 0.05) is 55.6 Å². The average Bonchev–Trinajstić information content (AvgIpc) is 4.21. The molecule has 69 heavy (non-hydrogen) atoms. The number of hydrogen-bond donors (Lipinski definition) is 0. The quantitative estimate of drug-likeness (QED) is 0.173. The van der Waals surface area contributed by atoms with E-state index in [1.807, 2.05) is 0 Å². The zero-order valence-corrected chi connectivity index (χ0v) is 40.8. The molecule has 0 spiro atoms. The molecule has 4 fully saturated rings. The van der Waals surface area contributed by atoms with E-state index in [-0.39, 0.29) is 10.8 Å². The fraction of sp³-hybridized carbons (Fsp3) is 0.394. The van der Waals surface area contributed by atoms with E-state index in [0.29, 0.717) is 23.7 Å². The van der Waals surface area contributed by atoms with Crippen LogP contribution in [0.1, 0.15) is 173 Å². The molecule has 0 N–H and O–H groups in total. The second-order valence-electron chi connectivity index (χ2n) is 25.2. The Morgan fingerprint density at radius 1 is 0.406 bits per heavy atom. The summed E-state index contributed by atoms with van der Waals surface area (Å²) in [6.45, 7) is 9.81. The molecule has 3 nitrogen and oxygen atoms in total. The monoisotopic (exact) mass is 895 g/mol. The second kappa shape index (κ2) is 13.1. The number of pyridine rings is 2. The molecule has 4 unspecified atom stereocenters. The third-order valence-electron chi connectivity index (χ3n) is 21.0. The number of fused-ring (bicyclic) bond motifs is 12. The van der Waals surface area contributed by atoms with Gasteiger partial charge in [0.1, 0.15) is 0 Å². The van der Waals surface area contributed by atoms with Crippen LogP contribution in [0.4, 0.5) is 0 Å². The van der Waals surface area contributed by atoms with Crippen LogP contribution in [0.25, 0.3) is 82.6 Å². The van der Waals surface area contributed by atoms with E-state index >= 15 is 0 Å². The molecule has 9 aromatic rings. The van der Waals surface area contributed by atoms with E-state index in [1.165, 1.54) is 193 Å². The smallest absolute Gasteiger partial charge is 0.0728 e. The summed E-state index contributed by atoms with van der Waals surface area (Å²) >= 11 is 0. The van der Waals surface area contributed by atoms with Gasteiger partial charge >= 0.3 is 0 Å². The van der Waals surface area contributed by atoms with E-state index in [9.17, 15) is 0 Å². The van der Waals surface area contributed by atoms with Crippen molar-refractivity contribution in [2.75, 3.05) is 0 Å². The third kappa shape index (κ3) is 4.91. The second-order valence-corrected chi connectivity index (χ2v) is 25.2. The summed E-state index contributed by atoms with van der Waals surface area (Å²) in [5.41, 5.74) is 26.8. The molecule has 340 valence electrons. The summed E-state index contributed by atoms with van der Waals surface area (Å²) in [6, 6.07) is 36.2. The van der Waals surface area contributed by atoms with Crippen molar-refractivity contribution in [3.05, 3.63) is 148 Å². The van der Waals surface area contributed by atoms with Gasteiger partial charge in [0.2, 0.25) is 0 Å². The highest BCUT2D eigenvalue weighted by atomic mass is 15.0. The molecule has 0 radical (unpaired) electrons. The number of nitrogens with zero attached hydrogens (tertiary/aromatic N) is 3. The Hall–Kier alpha value is -5.80. The molecule has 8 bridgehead atoms. The van der Waals surface area contributed by atoms with Crippen molar-refractivity contribution in [1.82, 2.24) is 14.4 Å². The van der Waals surface area contributed by atoms with Crippen LogP contribution in [0.15, 0.2) is 103 Å². The standard InChI is InChI=1S/C66H61N3/c1-65(2)50-11-7-5-9-44(50)46-19-17-38(29-52(46)65)48-31-49(39-18-20-47-45-10-6-8-12-51(45)66(3,4)53(47)30-39)59-61-55(32-67-62-41-16-14-35(24-41)22-36-25-42(26-36)57(61)62)69-54-33-68-63-43-27-37(28-43)21-34-13-15-40(23-34)56(63)60(54)58(48)64(59)69/h5-12,17-20,29-37,40-43H,13-16,21-28H2,1-4H3. The molecule has 0 amide bonds. The Labute approximate surface area is 406 Å². The van der Waals surface area contributed by atoms with Crippen LogP contribution in [-0.2, 0) is 10.8 Å². The highest BCUT2D eigenvalue weighted by Gasteiger charge is 2.45. The van der Waals surface area contributed by atoms with Crippen molar-refractivity contribution in [2.24, 2.45) is 23.7 Å². The Morgan fingerprint density at radius 2 is 0.870 bits per heavy atom. The summed E-state index contributed by atoms with van der Waals surface area (Å²) in [5.74, 6) is 5.71. The average molecular weight is 896 g/mol. The number of benzene rings is 5. The minimum Gasteiger partial charge on any atom is -0.305 e. The molecule has 0 aliphatic heterocycles. The molecule has 3 heteroatoms. The van der Waals surface area contributed by atoms with E-state index in [1.54, 1.807) is 11.1 Å². The van der Waals surface area contributed by atoms with E-state index in [0.717, 1.165) is 23.7 Å².